The number of aryl methyl sites for hydroxylation is 4. The Morgan fingerprint density at radius 3 is 1.71 bits per heavy atom. The van der Waals surface area contributed by atoms with Crippen LogP contribution in [0, 0.1) is 33.6 Å². The minimum Gasteiger partial charge on any atom is -0.445 e. The van der Waals surface area contributed by atoms with E-state index in [2.05, 4.69) is 74.7 Å². The second-order valence-corrected chi connectivity index (χ2v) is 18.4. The number of likely N-dealkylation sites (tertiary alicyclic amines) is 1. The molecular formula is C51H55N15O4. The third kappa shape index (κ3) is 10.0. The minimum absolute atomic E-state index is 0.00152. The van der Waals surface area contributed by atoms with Gasteiger partial charge in [-0.15, -0.1) is 0 Å². The average Bonchev–Trinajstić information content (AvgIpc) is 4.21. The van der Waals surface area contributed by atoms with E-state index < -0.39 is 0 Å². The summed E-state index contributed by atoms with van der Waals surface area (Å²) in [5.74, 6) is 3.95. The number of ether oxygens (including phenoxy) is 1. The molecule has 0 bridgehead atoms. The van der Waals surface area contributed by atoms with Gasteiger partial charge in [-0.2, -0.15) is 9.97 Å². The number of anilines is 2. The molecule has 1 saturated heterocycles. The first-order valence-corrected chi connectivity index (χ1v) is 23.8. The van der Waals surface area contributed by atoms with Crippen molar-refractivity contribution >= 4 is 40.1 Å². The van der Waals surface area contributed by atoms with Crippen molar-refractivity contribution in [3.63, 3.8) is 0 Å². The highest BCUT2D eigenvalue weighted by Crippen LogP contribution is 2.33. The van der Waals surface area contributed by atoms with Crippen LogP contribution in [0.3, 0.4) is 0 Å². The molecule has 2 fully saturated rings. The predicted molar refractivity (Wildman–Crippen MR) is 264 cm³/mol. The molecule has 1 saturated carbocycles. The second kappa shape index (κ2) is 19.9. The molecule has 0 unspecified atom stereocenters. The van der Waals surface area contributed by atoms with Crippen LogP contribution < -0.4 is 10.6 Å². The number of H-pyrrole nitrogens is 2. The smallest absolute Gasteiger partial charge is 0.410 e. The largest absolute Gasteiger partial charge is 0.445 e. The van der Waals surface area contributed by atoms with E-state index >= 15 is 0 Å². The quantitative estimate of drug-likeness (QED) is 0.0997. The van der Waals surface area contributed by atoms with Crippen LogP contribution in [-0.4, -0.2) is 95.8 Å². The zero-order chi connectivity index (χ0) is 48.3. The lowest BCUT2D eigenvalue weighted by molar-refractivity contribution is 0.0695. The molecular weight excluding hydrogens is 887 g/mol. The number of aromatic amines is 2. The molecule has 0 radical (unpaired) electrons. The molecule has 70 heavy (non-hydrogen) atoms. The highest BCUT2D eigenvalue weighted by atomic mass is 16.6. The summed E-state index contributed by atoms with van der Waals surface area (Å²) >= 11 is 0. The minimum atomic E-state index is -0.310. The van der Waals surface area contributed by atoms with E-state index in [-0.39, 0.29) is 24.8 Å². The summed E-state index contributed by atoms with van der Waals surface area (Å²) in [4.78, 5) is 57.8. The summed E-state index contributed by atoms with van der Waals surface area (Å²) in [5, 5.41) is 16.8. The van der Waals surface area contributed by atoms with E-state index in [0.717, 1.165) is 74.4 Å². The molecule has 2 atom stereocenters. The Kier molecular flexibility index (Phi) is 13.0. The molecule has 1 aromatic carbocycles. The fourth-order valence-corrected chi connectivity index (χ4v) is 9.08. The molecule has 4 N–H and O–H groups in total. The highest BCUT2D eigenvalue weighted by Gasteiger charge is 2.31. The molecule has 19 nitrogen and oxygen atoms in total. The summed E-state index contributed by atoms with van der Waals surface area (Å²) in [6, 6.07) is 18.0. The van der Waals surface area contributed by atoms with Crippen LogP contribution in [-0.2, 0) is 11.3 Å². The lowest BCUT2D eigenvalue weighted by Crippen LogP contribution is -2.50. The maximum atomic E-state index is 12.9. The lowest BCUT2D eigenvalue weighted by Gasteiger charge is -2.37. The fraction of sp³-hybridized carbons (Fsp3) is 0.353. The van der Waals surface area contributed by atoms with Gasteiger partial charge in [0.1, 0.15) is 29.3 Å². The number of piperidine rings is 1. The van der Waals surface area contributed by atoms with Gasteiger partial charge in [0.25, 0.3) is 0 Å². The molecule has 19 heteroatoms. The van der Waals surface area contributed by atoms with E-state index in [9.17, 15) is 4.79 Å². The number of rotatable bonds is 10. The zero-order valence-electron chi connectivity index (χ0n) is 40.0. The maximum Gasteiger partial charge on any atom is 0.410 e. The van der Waals surface area contributed by atoms with Crippen molar-refractivity contribution in [3.8, 4) is 45.6 Å². The molecule has 9 aromatic rings. The molecule has 1 aliphatic carbocycles. The summed E-state index contributed by atoms with van der Waals surface area (Å²) in [6.07, 6.45) is 13.8. The molecule has 11 rings (SSSR count). The standard InChI is InChI=1S/C29H30N8O3.C22H25N7O/c1-17-13-31-28(33-21-10-9-18(2)37(15-21)29(38)39-16-20-7-5-4-6-8-20)35-25(17)23-14-30-26-22(23)11-12-24(34-26)27-32-19(3)40-36-27;1-12-4-6-15(7-5-12)26-22-24-10-13(2)19(28-22)17-11-23-20-16(17)8-9-18(27-20)21-25-14(3)30-29-21/h4-8,11-14,18,21H,9-10,15-16H2,1-3H3,(H,30,34)(H,31,33,35);8-12,15H,4-7H2,1-3H3,(H,23,27)(H,24,26,28)/t18-,21-;/m0./s1. The van der Waals surface area contributed by atoms with Crippen molar-refractivity contribution in [1.82, 2.24) is 65.1 Å². The van der Waals surface area contributed by atoms with E-state index in [4.69, 9.17) is 23.8 Å². The molecule has 1 aliphatic heterocycles. The molecule has 358 valence electrons. The van der Waals surface area contributed by atoms with Gasteiger partial charge in [-0.05, 0) is 106 Å². The molecule has 9 heterocycles. The first kappa shape index (κ1) is 45.7. The van der Waals surface area contributed by atoms with Crippen molar-refractivity contribution < 1.29 is 18.6 Å². The monoisotopic (exact) mass is 941 g/mol. The Labute approximate surface area is 403 Å². The summed E-state index contributed by atoms with van der Waals surface area (Å²) in [5.41, 5.74) is 9.32. The number of nitrogens with one attached hydrogen (secondary N) is 4. The van der Waals surface area contributed by atoms with E-state index in [1.807, 2.05) is 93.2 Å². The van der Waals surface area contributed by atoms with Crippen LogP contribution in [0.5, 0.6) is 0 Å². The van der Waals surface area contributed by atoms with Gasteiger partial charge in [-0.3, -0.25) is 0 Å². The van der Waals surface area contributed by atoms with E-state index in [1.165, 1.54) is 25.7 Å². The average molecular weight is 942 g/mol. The van der Waals surface area contributed by atoms with Crippen molar-refractivity contribution in [2.24, 2.45) is 5.92 Å². The molecule has 8 aromatic heterocycles. The van der Waals surface area contributed by atoms with Crippen LogP contribution in [0.1, 0.15) is 80.8 Å². The van der Waals surface area contributed by atoms with Gasteiger partial charge in [0, 0.05) is 85.2 Å². The third-order valence-corrected chi connectivity index (χ3v) is 13.0. The van der Waals surface area contributed by atoms with E-state index in [0.29, 0.717) is 64.9 Å². The second-order valence-electron chi connectivity index (χ2n) is 18.4. The van der Waals surface area contributed by atoms with Gasteiger partial charge >= 0.3 is 6.09 Å². The van der Waals surface area contributed by atoms with E-state index in [1.54, 1.807) is 18.7 Å². The first-order chi connectivity index (χ1) is 34.0. The van der Waals surface area contributed by atoms with Crippen molar-refractivity contribution in [2.45, 2.75) is 105 Å². The molecule has 0 spiro atoms. The van der Waals surface area contributed by atoms with Crippen LogP contribution in [0.15, 0.2) is 88.4 Å². The number of nitrogens with zero attached hydrogens (tertiary/aromatic N) is 11. The molecule has 2 aliphatic rings. The van der Waals surface area contributed by atoms with Gasteiger partial charge in [0.15, 0.2) is 0 Å². The highest BCUT2D eigenvalue weighted by molar-refractivity contribution is 5.95. The van der Waals surface area contributed by atoms with Gasteiger partial charge in [0.2, 0.25) is 35.3 Å². The Morgan fingerprint density at radius 1 is 0.657 bits per heavy atom. The van der Waals surface area contributed by atoms with Gasteiger partial charge in [-0.1, -0.05) is 47.6 Å². The number of hydrogen-bond acceptors (Lipinski definition) is 16. The van der Waals surface area contributed by atoms with Crippen molar-refractivity contribution in [2.75, 3.05) is 17.2 Å². The van der Waals surface area contributed by atoms with Crippen LogP contribution in [0.4, 0.5) is 16.7 Å². The number of pyridine rings is 2. The molecule has 1 amide bonds. The number of carbonyl (C=O) groups excluding carboxylic acids is 1. The summed E-state index contributed by atoms with van der Waals surface area (Å²) in [6.45, 7) is 12.7. The van der Waals surface area contributed by atoms with Gasteiger partial charge in [0.05, 0.1) is 11.4 Å². The van der Waals surface area contributed by atoms with Crippen LogP contribution in [0.25, 0.3) is 67.6 Å². The summed E-state index contributed by atoms with van der Waals surface area (Å²) < 4.78 is 15.8. The van der Waals surface area contributed by atoms with Crippen LogP contribution in [0.2, 0.25) is 0 Å². The number of hydrogen-bond donors (Lipinski definition) is 4. The van der Waals surface area contributed by atoms with Gasteiger partial charge < -0.3 is 39.3 Å². The van der Waals surface area contributed by atoms with Crippen molar-refractivity contribution in [3.05, 3.63) is 108 Å². The van der Waals surface area contributed by atoms with Crippen LogP contribution >= 0.6 is 0 Å². The zero-order valence-corrected chi connectivity index (χ0v) is 40.0. The number of fused-ring (bicyclic) bond motifs is 2. The SMILES string of the molecule is Cc1nc(-c2ccc3c(-c4nc(NC5CCC(C)CC5)ncc4C)c[nH]c3n2)no1.Cc1nc(-c2ccc3c(-c4nc(N[C@H]5CC[C@H](C)N(C(=O)OCc6ccccc6)C5)ncc4C)c[nH]c3n2)no1. The summed E-state index contributed by atoms with van der Waals surface area (Å²) in [7, 11) is 0. The third-order valence-electron chi connectivity index (χ3n) is 13.0. The Hall–Kier alpha value is -8.09. The predicted octanol–water partition coefficient (Wildman–Crippen LogP) is 9.97. The van der Waals surface area contributed by atoms with Crippen molar-refractivity contribution in [1.29, 1.82) is 0 Å². The maximum absolute atomic E-state index is 12.9. The normalized spacial score (nSPS) is 18.1. The Morgan fingerprint density at radius 2 is 1.19 bits per heavy atom. The number of benzene rings is 1. The number of carbonyl (C=O) groups is 1. The number of amides is 1. The Balaban J connectivity index is 0.000000169. The first-order valence-electron chi connectivity index (χ1n) is 23.8. The topological polar surface area (TPSA) is 240 Å². The Bertz CT molecular complexity index is 3260. The fourth-order valence-electron chi connectivity index (χ4n) is 9.08. The lowest BCUT2D eigenvalue weighted by atomic mass is 9.87. The number of aromatic nitrogens is 12. The van der Waals surface area contributed by atoms with Gasteiger partial charge in [-0.25, -0.2) is 34.7 Å².